The van der Waals surface area contributed by atoms with Gasteiger partial charge in [-0.2, -0.15) is 0 Å². The Morgan fingerprint density at radius 3 is 2.58 bits per heavy atom. The Kier molecular flexibility index (Phi) is 4.57. The van der Waals surface area contributed by atoms with Crippen LogP contribution in [0.1, 0.15) is 50.2 Å². The van der Waals surface area contributed by atoms with Crippen LogP contribution in [0, 0.1) is 0 Å². The number of halogens is 2. The Balaban J connectivity index is 1.41. The Hall–Kier alpha value is -3.22. The van der Waals surface area contributed by atoms with Gasteiger partial charge in [-0.1, -0.05) is 6.07 Å². The summed E-state index contributed by atoms with van der Waals surface area (Å²) in [4.78, 5) is 28.1. The molecule has 0 unspecified atom stereocenters. The monoisotopic (exact) mass is 424 g/mol. The summed E-state index contributed by atoms with van der Waals surface area (Å²) in [6.07, 6.45) is 1.38. The smallest absolute Gasteiger partial charge is 0.254 e. The van der Waals surface area contributed by atoms with Crippen molar-refractivity contribution in [3.8, 4) is 5.75 Å². The maximum Gasteiger partial charge on any atom is 0.254 e. The molecule has 3 aliphatic heterocycles. The second-order valence-corrected chi connectivity index (χ2v) is 8.32. The van der Waals surface area contributed by atoms with E-state index in [1.54, 1.807) is 24.1 Å². The van der Waals surface area contributed by atoms with Gasteiger partial charge in [0, 0.05) is 56.2 Å². The quantitative estimate of drug-likeness (QED) is 0.733. The number of fused-ring (bicyclic) bond motifs is 2. The minimum Gasteiger partial charge on any atom is -0.489 e. The lowest BCUT2D eigenvalue weighted by Crippen LogP contribution is -2.42. The van der Waals surface area contributed by atoms with Gasteiger partial charge >= 0.3 is 0 Å². The zero-order valence-corrected chi connectivity index (χ0v) is 17.2. The standard InChI is InChI=1S/C24H22F2N2O3/c1-27-14-17-12-15(2-4-19(17)23(27)30)18-6-11-31-21-13-16(3-5-20(18)21)22(29)28-9-7-24(25,26)8-10-28/h2-6,12-13H,7-11,14H2,1H3. The van der Waals surface area contributed by atoms with E-state index in [4.69, 9.17) is 4.74 Å². The summed E-state index contributed by atoms with van der Waals surface area (Å²) in [5.74, 6) is -2.32. The molecule has 2 amide bonds. The molecule has 0 atom stereocenters. The molecule has 0 aromatic heterocycles. The van der Waals surface area contributed by atoms with Crippen molar-refractivity contribution in [3.05, 3.63) is 70.3 Å². The summed E-state index contributed by atoms with van der Waals surface area (Å²) in [6, 6.07) is 11.1. The minimum atomic E-state index is -2.69. The van der Waals surface area contributed by atoms with Crippen LogP contribution >= 0.6 is 0 Å². The van der Waals surface area contributed by atoms with Gasteiger partial charge in [-0.25, -0.2) is 8.78 Å². The predicted molar refractivity (Wildman–Crippen MR) is 111 cm³/mol. The van der Waals surface area contributed by atoms with Gasteiger partial charge in [0.05, 0.1) is 0 Å². The second-order valence-electron chi connectivity index (χ2n) is 8.32. The van der Waals surface area contributed by atoms with Crippen molar-refractivity contribution in [2.75, 3.05) is 26.7 Å². The Morgan fingerprint density at radius 1 is 1.06 bits per heavy atom. The molecule has 3 aliphatic rings. The fraction of sp³-hybridized carbons (Fsp3) is 0.333. The summed E-state index contributed by atoms with van der Waals surface area (Å²) >= 11 is 0. The van der Waals surface area contributed by atoms with E-state index in [0.29, 0.717) is 24.5 Å². The van der Waals surface area contributed by atoms with Gasteiger partial charge < -0.3 is 14.5 Å². The van der Waals surface area contributed by atoms with Crippen LogP contribution in [0.5, 0.6) is 5.75 Å². The highest BCUT2D eigenvalue weighted by Crippen LogP contribution is 2.37. The number of benzene rings is 2. The summed E-state index contributed by atoms with van der Waals surface area (Å²) in [7, 11) is 1.78. The molecule has 0 aliphatic carbocycles. The van der Waals surface area contributed by atoms with Crippen LogP contribution in [0.15, 0.2) is 42.5 Å². The molecule has 0 saturated carbocycles. The van der Waals surface area contributed by atoms with E-state index < -0.39 is 5.92 Å². The zero-order chi connectivity index (χ0) is 21.8. The highest BCUT2D eigenvalue weighted by atomic mass is 19.3. The first kappa shape index (κ1) is 19.7. The number of amides is 2. The predicted octanol–water partition coefficient (Wildman–Crippen LogP) is 3.97. The molecular formula is C24H22F2N2O3. The summed E-state index contributed by atoms with van der Waals surface area (Å²) in [5.41, 5.74) is 5.00. The second kappa shape index (κ2) is 7.18. The third-order valence-electron chi connectivity index (χ3n) is 6.23. The van der Waals surface area contributed by atoms with E-state index in [0.717, 1.165) is 27.8 Å². The number of hydrogen-bond donors (Lipinski definition) is 0. The van der Waals surface area contributed by atoms with Crippen LogP contribution in [0.25, 0.3) is 5.57 Å². The largest absolute Gasteiger partial charge is 0.489 e. The van der Waals surface area contributed by atoms with Gasteiger partial charge in [0.1, 0.15) is 12.4 Å². The number of nitrogens with zero attached hydrogens (tertiary/aromatic N) is 2. The van der Waals surface area contributed by atoms with E-state index in [2.05, 4.69) is 0 Å². The minimum absolute atomic E-state index is 0.0292. The van der Waals surface area contributed by atoms with Gasteiger partial charge in [0.15, 0.2) is 0 Å². The number of alkyl halides is 2. The van der Waals surface area contributed by atoms with Crippen molar-refractivity contribution in [1.29, 1.82) is 0 Å². The maximum absolute atomic E-state index is 13.4. The number of hydrogen-bond acceptors (Lipinski definition) is 3. The van der Waals surface area contributed by atoms with Gasteiger partial charge in [0.25, 0.3) is 17.7 Å². The summed E-state index contributed by atoms with van der Waals surface area (Å²) < 4.78 is 32.6. The molecule has 31 heavy (non-hydrogen) atoms. The Bertz CT molecular complexity index is 1120. The molecule has 0 radical (unpaired) electrons. The maximum atomic E-state index is 13.4. The topological polar surface area (TPSA) is 49.9 Å². The van der Waals surface area contributed by atoms with E-state index >= 15 is 0 Å². The molecule has 5 nitrogen and oxygen atoms in total. The van der Waals surface area contributed by atoms with Gasteiger partial charge in [-0.3, -0.25) is 9.59 Å². The molecule has 5 rings (SSSR count). The van der Waals surface area contributed by atoms with Crippen LogP contribution in [0.3, 0.4) is 0 Å². The van der Waals surface area contributed by atoms with E-state index in [9.17, 15) is 18.4 Å². The lowest BCUT2D eigenvalue weighted by Gasteiger charge is -2.32. The highest BCUT2D eigenvalue weighted by molar-refractivity contribution is 5.99. The molecule has 0 spiro atoms. The molecular weight excluding hydrogens is 402 g/mol. The third kappa shape index (κ3) is 3.48. The summed E-state index contributed by atoms with van der Waals surface area (Å²) in [6.45, 7) is 1.06. The first-order valence-electron chi connectivity index (χ1n) is 10.4. The van der Waals surface area contributed by atoms with E-state index in [-0.39, 0.29) is 37.7 Å². The van der Waals surface area contributed by atoms with Crippen molar-refractivity contribution in [2.45, 2.75) is 25.3 Å². The molecule has 7 heteroatoms. The molecule has 2 aromatic rings. The van der Waals surface area contributed by atoms with Crippen molar-refractivity contribution in [3.63, 3.8) is 0 Å². The number of piperidine rings is 1. The molecule has 3 heterocycles. The average molecular weight is 424 g/mol. The van der Waals surface area contributed by atoms with Crippen molar-refractivity contribution in [1.82, 2.24) is 9.80 Å². The average Bonchev–Trinajstić information content (AvgIpc) is 3.05. The fourth-order valence-electron chi connectivity index (χ4n) is 4.45. The van der Waals surface area contributed by atoms with Crippen molar-refractivity contribution >= 4 is 17.4 Å². The first-order valence-corrected chi connectivity index (χ1v) is 10.4. The molecule has 1 fully saturated rings. The number of ether oxygens (including phenoxy) is 1. The lowest BCUT2D eigenvalue weighted by atomic mass is 9.92. The SMILES string of the molecule is CN1Cc2cc(C3=CCOc4cc(C(=O)N5CCC(F)(F)CC5)ccc43)ccc2C1=O. The highest BCUT2D eigenvalue weighted by Gasteiger charge is 2.36. The fourth-order valence-corrected chi connectivity index (χ4v) is 4.45. The van der Waals surface area contributed by atoms with Gasteiger partial charge in [0.2, 0.25) is 0 Å². The van der Waals surface area contributed by atoms with Crippen LogP contribution in [0.4, 0.5) is 8.78 Å². The van der Waals surface area contributed by atoms with Gasteiger partial charge in [-0.15, -0.1) is 0 Å². The first-order chi connectivity index (χ1) is 14.8. The zero-order valence-electron chi connectivity index (χ0n) is 17.2. The van der Waals surface area contributed by atoms with E-state index in [1.165, 1.54) is 4.90 Å². The molecule has 2 aromatic carbocycles. The van der Waals surface area contributed by atoms with Crippen molar-refractivity contribution in [2.24, 2.45) is 0 Å². The van der Waals surface area contributed by atoms with Gasteiger partial charge in [-0.05, 0) is 53.1 Å². The number of rotatable bonds is 2. The molecule has 0 bridgehead atoms. The normalized spacial score (nSPS) is 19.5. The van der Waals surface area contributed by atoms with Crippen LogP contribution in [0.2, 0.25) is 0 Å². The molecule has 0 N–H and O–H groups in total. The number of carbonyl (C=O) groups excluding carboxylic acids is 2. The van der Waals surface area contributed by atoms with Crippen LogP contribution < -0.4 is 4.74 Å². The third-order valence-corrected chi connectivity index (χ3v) is 6.23. The summed E-state index contributed by atoms with van der Waals surface area (Å²) in [5, 5.41) is 0. The number of carbonyl (C=O) groups is 2. The lowest BCUT2D eigenvalue weighted by molar-refractivity contribution is -0.0494. The van der Waals surface area contributed by atoms with Crippen LogP contribution in [-0.4, -0.2) is 54.3 Å². The molecule has 1 saturated heterocycles. The number of likely N-dealkylation sites (tertiary alicyclic amines) is 1. The van der Waals surface area contributed by atoms with E-state index in [1.807, 2.05) is 30.3 Å². The van der Waals surface area contributed by atoms with Crippen LogP contribution in [-0.2, 0) is 6.54 Å². The molecule has 160 valence electrons. The Labute approximate surface area is 178 Å². The van der Waals surface area contributed by atoms with Crippen molar-refractivity contribution < 1.29 is 23.1 Å². The Morgan fingerprint density at radius 2 is 1.81 bits per heavy atom.